The summed E-state index contributed by atoms with van der Waals surface area (Å²) in [6.45, 7) is 6.27. The highest BCUT2D eigenvalue weighted by Crippen LogP contribution is 2.19. The predicted molar refractivity (Wildman–Crippen MR) is 125 cm³/mol. The van der Waals surface area contributed by atoms with Crippen LogP contribution < -0.4 is 10.1 Å². The first kappa shape index (κ1) is 21.8. The van der Waals surface area contributed by atoms with Gasteiger partial charge in [-0.3, -0.25) is 4.79 Å². The van der Waals surface area contributed by atoms with Crippen LogP contribution in [0, 0.1) is 13.8 Å². The van der Waals surface area contributed by atoms with Gasteiger partial charge in [-0.2, -0.15) is 0 Å². The van der Waals surface area contributed by atoms with Crippen molar-refractivity contribution >= 4 is 29.0 Å². The molecule has 1 N–H and O–H groups in total. The highest BCUT2D eigenvalue weighted by atomic mass is 32.1. The van der Waals surface area contributed by atoms with Crippen molar-refractivity contribution in [3.8, 4) is 5.75 Å². The number of carbonyl (C=O) groups is 2. The number of urea groups is 1. The van der Waals surface area contributed by atoms with Crippen molar-refractivity contribution in [1.82, 2.24) is 14.8 Å². The van der Waals surface area contributed by atoms with Gasteiger partial charge in [-0.15, -0.1) is 11.3 Å². The standard InChI is InChI=1S/C24H26N4O3S/c1-17-5-3-7-20(13-17)26-24(30)28-11-9-27(10-12-28)23(29)19-6-4-8-22(14-19)31-15-21-16-32-18(2)25-21/h3-8,13-14,16H,9-12,15H2,1-2H3,(H,26,30). The molecular weight excluding hydrogens is 424 g/mol. The lowest BCUT2D eigenvalue weighted by Crippen LogP contribution is -2.51. The third kappa shape index (κ3) is 5.45. The van der Waals surface area contributed by atoms with Crippen LogP contribution in [0.25, 0.3) is 0 Å². The van der Waals surface area contributed by atoms with Gasteiger partial charge >= 0.3 is 6.03 Å². The van der Waals surface area contributed by atoms with Gasteiger partial charge in [-0.25, -0.2) is 9.78 Å². The van der Waals surface area contributed by atoms with Gasteiger partial charge in [-0.05, 0) is 49.7 Å². The van der Waals surface area contributed by atoms with Crippen LogP contribution in [0.4, 0.5) is 10.5 Å². The number of carbonyl (C=O) groups excluding carboxylic acids is 2. The lowest BCUT2D eigenvalue weighted by molar-refractivity contribution is 0.0671. The summed E-state index contributed by atoms with van der Waals surface area (Å²) in [5.74, 6) is 0.580. The number of nitrogens with zero attached hydrogens (tertiary/aromatic N) is 3. The van der Waals surface area contributed by atoms with Gasteiger partial charge < -0.3 is 19.9 Å². The van der Waals surface area contributed by atoms with Gasteiger partial charge in [0.15, 0.2) is 0 Å². The number of aromatic nitrogens is 1. The van der Waals surface area contributed by atoms with Crippen LogP contribution in [0.5, 0.6) is 5.75 Å². The lowest BCUT2D eigenvalue weighted by Gasteiger charge is -2.34. The summed E-state index contributed by atoms with van der Waals surface area (Å²) in [4.78, 5) is 33.4. The lowest BCUT2D eigenvalue weighted by atomic mass is 10.1. The molecule has 0 atom stereocenters. The largest absolute Gasteiger partial charge is 0.487 e. The fourth-order valence-corrected chi connectivity index (χ4v) is 4.17. The van der Waals surface area contributed by atoms with Crippen LogP contribution in [0.3, 0.4) is 0 Å². The molecule has 0 saturated carbocycles. The van der Waals surface area contributed by atoms with Crippen LogP contribution in [-0.2, 0) is 6.61 Å². The molecule has 1 aromatic heterocycles. The van der Waals surface area contributed by atoms with Crippen molar-refractivity contribution in [3.63, 3.8) is 0 Å². The summed E-state index contributed by atoms with van der Waals surface area (Å²) in [7, 11) is 0. The maximum atomic E-state index is 13.0. The number of thiazole rings is 1. The Balaban J connectivity index is 1.30. The third-order valence-corrected chi connectivity index (χ3v) is 6.08. The van der Waals surface area contributed by atoms with E-state index in [9.17, 15) is 9.59 Å². The smallest absolute Gasteiger partial charge is 0.321 e. The quantitative estimate of drug-likeness (QED) is 0.628. The Morgan fingerprint density at radius 1 is 1.03 bits per heavy atom. The summed E-state index contributed by atoms with van der Waals surface area (Å²) < 4.78 is 5.81. The van der Waals surface area contributed by atoms with E-state index in [1.54, 1.807) is 33.3 Å². The van der Waals surface area contributed by atoms with Gasteiger partial charge in [0.2, 0.25) is 0 Å². The van der Waals surface area contributed by atoms with Crippen molar-refractivity contribution in [2.24, 2.45) is 0 Å². The molecule has 8 heteroatoms. The summed E-state index contributed by atoms with van der Waals surface area (Å²) >= 11 is 1.59. The first-order valence-corrected chi connectivity index (χ1v) is 11.4. The van der Waals surface area contributed by atoms with E-state index in [4.69, 9.17) is 4.74 Å². The van der Waals surface area contributed by atoms with Gasteiger partial charge in [0.25, 0.3) is 5.91 Å². The van der Waals surface area contributed by atoms with Crippen LogP contribution in [-0.4, -0.2) is 52.9 Å². The second kappa shape index (κ2) is 9.82. The minimum Gasteiger partial charge on any atom is -0.487 e. The van der Waals surface area contributed by atoms with Crippen LogP contribution >= 0.6 is 11.3 Å². The Kier molecular flexibility index (Phi) is 6.70. The molecule has 1 aliphatic rings. The molecule has 1 aliphatic heterocycles. The van der Waals surface area contributed by atoms with Gasteiger partial charge in [0, 0.05) is 42.8 Å². The average molecular weight is 451 g/mol. The molecule has 0 radical (unpaired) electrons. The molecule has 2 heterocycles. The van der Waals surface area contributed by atoms with E-state index in [0.717, 1.165) is 22.0 Å². The van der Waals surface area contributed by atoms with Crippen molar-refractivity contribution in [2.75, 3.05) is 31.5 Å². The molecule has 3 amide bonds. The van der Waals surface area contributed by atoms with E-state index in [1.807, 2.05) is 55.6 Å². The first-order valence-electron chi connectivity index (χ1n) is 10.5. The number of hydrogen-bond acceptors (Lipinski definition) is 5. The Morgan fingerprint density at radius 3 is 2.50 bits per heavy atom. The molecule has 2 aromatic carbocycles. The SMILES string of the molecule is Cc1cccc(NC(=O)N2CCN(C(=O)c3cccc(OCc4csc(C)n4)c3)CC2)c1. The Hall–Kier alpha value is -3.39. The molecule has 166 valence electrons. The van der Waals surface area contributed by atoms with E-state index >= 15 is 0 Å². The predicted octanol–water partition coefficient (Wildman–Crippen LogP) is 4.33. The number of nitrogens with one attached hydrogen (secondary N) is 1. The maximum absolute atomic E-state index is 13.0. The zero-order valence-electron chi connectivity index (χ0n) is 18.2. The highest BCUT2D eigenvalue weighted by Gasteiger charge is 2.25. The molecule has 0 unspecified atom stereocenters. The second-order valence-corrected chi connectivity index (χ2v) is 8.82. The molecular formula is C24H26N4O3S. The Labute approximate surface area is 191 Å². The first-order chi connectivity index (χ1) is 15.5. The molecule has 0 spiro atoms. The van der Waals surface area contributed by atoms with Crippen molar-refractivity contribution in [1.29, 1.82) is 0 Å². The molecule has 7 nitrogen and oxygen atoms in total. The molecule has 4 rings (SSSR count). The second-order valence-electron chi connectivity index (χ2n) is 7.75. The molecule has 3 aromatic rings. The summed E-state index contributed by atoms with van der Waals surface area (Å²) in [6, 6.07) is 14.8. The fraction of sp³-hybridized carbons (Fsp3) is 0.292. The molecule has 0 bridgehead atoms. The number of piperazine rings is 1. The number of ether oxygens (including phenoxy) is 1. The molecule has 32 heavy (non-hydrogen) atoms. The maximum Gasteiger partial charge on any atom is 0.321 e. The van der Waals surface area contributed by atoms with Gasteiger partial charge in [0.1, 0.15) is 12.4 Å². The van der Waals surface area contributed by atoms with Crippen molar-refractivity contribution in [2.45, 2.75) is 20.5 Å². The van der Waals surface area contributed by atoms with Crippen LogP contribution in [0.2, 0.25) is 0 Å². The van der Waals surface area contributed by atoms with Crippen LogP contribution in [0.15, 0.2) is 53.9 Å². The van der Waals surface area contributed by atoms with Gasteiger partial charge in [-0.1, -0.05) is 18.2 Å². The molecule has 0 aliphatic carbocycles. The van der Waals surface area contributed by atoms with E-state index in [0.29, 0.717) is 44.1 Å². The van der Waals surface area contributed by atoms with Crippen LogP contribution in [0.1, 0.15) is 26.6 Å². The summed E-state index contributed by atoms with van der Waals surface area (Å²) in [5.41, 5.74) is 3.32. The monoisotopic (exact) mass is 450 g/mol. The third-order valence-electron chi connectivity index (χ3n) is 5.26. The fourth-order valence-electron chi connectivity index (χ4n) is 3.57. The molecule has 1 saturated heterocycles. The Morgan fingerprint density at radius 2 is 1.78 bits per heavy atom. The highest BCUT2D eigenvalue weighted by molar-refractivity contribution is 7.09. The topological polar surface area (TPSA) is 74.8 Å². The minimum atomic E-state index is -0.143. The Bertz CT molecular complexity index is 1110. The minimum absolute atomic E-state index is 0.0568. The number of hydrogen-bond donors (Lipinski definition) is 1. The zero-order chi connectivity index (χ0) is 22.5. The summed E-state index contributed by atoms with van der Waals surface area (Å²) in [5, 5.41) is 5.90. The average Bonchev–Trinajstić information content (AvgIpc) is 3.22. The molecule has 1 fully saturated rings. The van der Waals surface area contributed by atoms with E-state index in [1.165, 1.54) is 0 Å². The number of benzene rings is 2. The van der Waals surface area contributed by atoms with E-state index in [-0.39, 0.29) is 11.9 Å². The number of aryl methyl sites for hydroxylation is 2. The van der Waals surface area contributed by atoms with Crippen molar-refractivity contribution < 1.29 is 14.3 Å². The number of amides is 3. The number of rotatable bonds is 5. The van der Waals surface area contributed by atoms with E-state index in [2.05, 4.69) is 10.3 Å². The zero-order valence-corrected chi connectivity index (χ0v) is 19.0. The van der Waals surface area contributed by atoms with E-state index < -0.39 is 0 Å². The normalized spacial score (nSPS) is 13.7. The van der Waals surface area contributed by atoms with Gasteiger partial charge in [0.05, 0.1) is 10.7 Å². The van der Waals surface area contributed by atoms with Crippen molar-refractivity contribution in [3.05, 3.63) is 75.7 Å². The summed E-state index contributed by atoms with van der Waals surface area (Å²) in [6.07, 6.45) is 0. The number of anilines is 1.